The van der Waals surface area contributed by atoms with E-state index >= 15 is 0 Å². The third kappa shape index (κ3) is 3.48. The Bertz CT molecular complexity index is 410. The quantitative estimate of drug-likeness (QED) is 0.869. The van der Waals surface area contributed by atoms with Crippen LogP contribution in [0.5, 0.6) is 5.88 Å². The molecule has 108 valence electrons. The highest BCUT2D eigenvalue weighted by Gasteiger charge is 2.19. The van der Waals surface area contributed by atoms with E-state index in [2.05, 4.69) is 22.4 Å². The second kappa shape index (κ2) is 6.39. The fourth-order valence-corrected chi connectivity index (χ4v) is 2.97. The van der Waals surface area contributed by atoms with Crippen LogP contribution in [0.4, 0.5) is 0 Å². The molecule has 0 bridgehead atoms. The van der Waals surface area contributed by atoms with Crippen molar-refractivity contribution in [2.24, 2.45) is 13.0 Å². The normalized spacial score (nSPS) is 19.9. The monoisotopic (exact) mass is 266 g/mol. The van der Waals surface area contributed by atoms with Crippen molar-refractivity contribution in [1.29, 1.82) is 0 Å². The summed E-state index contributed by atoms with van der Waals surface area (Å²) >= 11 is 0. The van der Waals surface area contributed by atoms with Gasteiger partial charge in [0.15, 0.2) is 0 Å². The Labute approximate surface area is 115 Å². The number of hydrogen-bond acceptors (Lipinski definition) is 4. The molecule has 1 fully saturated rings. The van der Waals surface area contributed by atoms with Gasteiger partial charge in [0.2, 0.25) is 5.88 Å². The molecular weight excluding hydrogens is 240 g/mol. The number of methoxy groups -OCH3 is 1. The Kier molecular flexibility index (Phi) is 4.82. The van der Waals surface area contributed by atoms with Gasteiger partial charge in [-0.05, 0) is 45.8 Å². The van der Waals surface area contributed by atoms with Crippen molar-refractivity contribution in [3.8, 4) is 5.88 Å². The molecule has 0 spiro atoms. The predicted molar refractivity (Wildman–Crippen MR) is 76.4 cm³/mol. The third-order valence-corrected chi connectivity index (χ3v) is 3.88. The number of aryl methyl sites for hydroxylation is 2. The van der Waals surface area contributed by atoms with E-state index in [-0.39, 0.29) is 0 Å². The van der Waals surface area contributed by atoms with Crippen molar-refractivity contribution in [2.45, 2.75) is 26.3 Å². The average Bonchev–Trinajstić information content (AvgIpc) is 2.65. The first kappa shape index (κ1) is 14.3. The van der Waals surface area contributed by atoms with Gasteiger partial charge in [0.25, 0.3) is 0 Å². The van der Waals surface area contributed by atoms with Crippen molar-refractivity contribution in [1.82, 2.24) is 20.0 Å². The highest BCUT2D eigenvalue weighted by Crippen LogP contribution is 2.23. The van der Waals surface area contributed by atoms with E-state index in [4.69, 9.17) is 4.74 Å². The van der Waals surface area contributed by atoms with Gasteiger partial charge in [0, 0.05) is 20.1 Å². The van der Waals surface area contributed by atoms with Crippen molar-refractivity contribution in [3.63, 3.8) is 0 Å². The van der Waals surface area contributed by atoms with Gasteiger partial charge in [0.1, 0.15) is 0 Å². The SMILES string of the molecule is COc1c(CN(C)CC2CCCNC2)c(C)nn1C. The second-order valence-electron chi connectivity index (χ2n) is 5.61. The summed E-state index contributed by atoms with van der Waals surface area (Å²) in [6, 6.07) is 0. The average molecular weight is 266 g/mol. The molecule has 1 saturated heterocycles. The lowest BCUT2D eigenvalue weighted by Gasteiger charge is -2.27. The molecule has 0 aromatic carbocycles. The van der Waals surface area contributed by atoms with E-state index in [1.165, 1.54) is 24.9 Å². The molecule has 2 rings (SSSR count). The highest BCUT2D eigenvalue weighted by atomic mass is 16.5. The van der Waals surface area contributed by atoms with Gasteiger partial charge in [-0.25, -0.2) is 4.68 Å². The maximum Gasteiger partial charge on any atom is 0.216 e. The zero-order chi connectivity index (χ0) is 13.8. The van der Waals surface area contributed by atoms with E-state index in [1.54, 1.807) is 7.11 Å². The van der Waals surface area contributed by atoms with Gasteiger partial charge in [-0.2, -0.15) is 5.10 Å². The Morgan fingerprint density at radius 2 is 2.32 bits per heavy atom. The first-order chi connectivity index (χ1) is 9.11. The first-order valence-corrected chi connectivity index (χ1v) is 7.07. The van der Waals surface area contributed by atoms with Gasteiger partial charge in [-0.3, -0.25) is 0 Å². The Hall–Kier alpha value is -1.07. The number of rotatable bonds is 5. The molecule has 0 amide bonds. The molecular formula is C14H26N4O. The Morgan fingerprint density at radius 1 is 1.53 bits per heavy atom. The van der Waals surface area contributed by atoms with Crippen LogP contribution in [0.3, 0.4) is 0 Å². The molecule has 5 heteroatoms. The van der Waals surface area contributed by atoms with E-state index in [1.807, 2.05) is 18.7 Å². The van der Waals surface area contributed by atoms with Gasteiger partial charge < -0.3 is 15.0 Å². The van der Waals surface area contributed by atoms with Crippen LogP contribution in [0.15, 0.2) is 0 Å². The number of ether oxygens (including phenoxy) is 1. The minimum atomic E-state index is 0.765. The molecule has 1 aliphatic rings. The molecule has 1 aliphatic heterocycles. The molecule has 0 saturated carbocycles. The minimum absolute atomic E-state index is 0.765. The minimum Gasteiger partial charge on any atom is -0.481 e. The number of hydrogen-bond donors (Lipinski definition) is 1. The van der Waals surface area contributed by atoms with Gasteiger partial charge in [-0.15, -0.1) is 0 Å². The zero-order valence-electron chi connectivity index (χ0n) is 12.6. The summed E-state index contributed by atoms with van der Waals surface area (Å²) in [6.07, 6.45) is 2.63. The third-order valence-electron chi connectivity index (χ3n) is 3.88. The lowest BCUT2D eigenvalue weighted by atomic mass is 9.99. The lowest BCUT2D eigenvalue weighted by Crippen LogP contribution is -2.36. The standard InChI is InChI=1S/C14H26N4O/c1-11-13(14(19-4)18(3)16-11)10-17(2)9-12-6-5-7-15-8-12/h12,15H,5-10H2,1-4H3. The van der Waals surface area contributed by atoms with Gasteiger partial charge in [0.05, 0.1) is 18.4 Å². The first-order valence-electron chi connectivity index (χ1n) is 7.07. The summed E-state index contributed by atoms with van der Waals surface area (Å²) in [6.45, 7) is 6.40. The summed E-state index contributed by atoms with van der Waals surface area (Å²) in [7, 11) is 5.83. The van der Waals surface area contributed by atoms with E-state index < -0.39 is 0 Å². The van der Waals surface area contributed by atoms with Crippen molar-refractivity contribution in [3.05, 3.63) is 11.3 Å². The van der Waals surface area contributed by atoms with Crippen molar-refractivity contribution >= 4 is 0 Å². The molecule has 1 unspecified atom stereocenters. The van der Waals surface area contributed by atoms with Crippen LogP contribution >= 0.6 is 0 Å². The van der Waals surface area contributed by atoms with E-state index in [9.17, 15) is 0 Å². The highest BCUT2D eigenvalue weighted by molar-refractivity contribution is 5.30. The molecule has 0 radical (unpaired) electrons. The predicted octanol–water partition coefficient (Wildman–Crippen LogP) is 1.17. The van der Waals surface area contributed by atoms with E-state index in [0.29, 0.717) is 0 Å². The van der Waals surface area contributed by atoms with Crippen LogP contribution in [-0.4, -0.2) is 48.5 Å². The Balaban J connectivity index is 1.96. The summed E-state index contributed by atoms with van der Waals surface area (Å²) in [5.41, 5.74) is 2.27. The summed E-state index contributed by atoms with van der Waals surface area (Å²) in [5, 5.41) is 7.91. The largest absolute Gasteiger partial charge is 0.481 e. The summed E-state index contributed by atoms with van der Waals surface area (Å²) in [4.78, 5) is 2.38. The van der Waals surface area contributed by atoms with Crippen LogP contribution in [0.25, 0.3) is 0 Å². The fraction of sp³-hybridized carbons (Fsp3) is 0.786. The molecule has 1 N–H and O–H groups in total. The van der Waals surface area contributed by atoms with Crippen LogP contribution in [-0.2, 0) is 13.6 Å². The number of piperidine rings is 1. The van der Waals surface area contributed by atoms with Crippen molar-refractivity contribution in [2.75, 3.05) is 33.8 Å². The van der Waals surface area contributed by atoms with Crippen molar-refractivity contribution < 1.29 is 4.74 Å². The van der Waals surface area contributed by atoms with E-state index in [0.717, 1.165) is 37.1 Å². The molecule has 1 aromatic rings. The maximum absolute atomic E-state index is 5.45. The number of aromatic nitrogens is 2. The molecule has 0 aliphatic carbocycles. The van der Waals surface area contributed by atoms with Gasteiger partial charge >= 0.3 is 0 Å². The molecule has 1 aromatic heterocycles. The number of nitrogens with one attached hydrogen (secondary N) is 1. The van der Waals surface area contributed by atoms with Gasteiger partial charge in [-0.1, -0.05) is 0 Å². The van der Waals surface area contributed by atoms with Crippen LogP contribution in [0, 0.1) is 12.8 Å². The molecule has 19 heavy (non-hydrogen) atoms. The van der Waals surface area contributed by atoms with Crippen LogP contribution < -0.4 is 10.1 Å². The van der Waals surface area contributed by atoms with Crippen LogP contribution in [0.1, 0.15) is 24.1 Å². The number of nitrogens with zero attached hydrogens (tertiary/aromatic N) is 3. The molecule has 1 atom stereocenters. The summed E-state index contributed by atoms with van der Waals surface area (Å²) in [5.74, 6) is 1.65. The Morgan fingerprint density at radius 3 is 2.95 bits per heavy atom. The fourth-order valence-electron chi connectivity index (χ4n) is 2.97. The maximum atomic E-state index is 5.45. The topological polar surface area (TPSA) is 42.3 Å². The summed E-state index contributed by atoms with van der Waals surface area (Å²) < 4.78 is 7.27. The lowest BCUT2D eigenvalue weighted by molar-refractivity contribution is 0.234. The second-order valence-corrected chi connectivity index (χ2v) is 5.61. The molecule has 2 heterocycles. The molecule has 5 nitrogen and oxygen atoms in total. The zero-order valence-corrected chi connectivity index (χ0v) is 12.6. The smallest absolute Gasteiger partial charge is 0.216 e. The van der Waals surface area contributed by atoms with Crippen LogP contribution in [0.2, 0.25) is 0 Å².